The van der Waals surface area contributed by atoms with E-state index < -0.39 is 0 Å². The molecule has 0 atom stereocenters. The second-order valence-electron chi connectivity index (χ2n) is 6.53. The lowest BCUT2D eigenvalue weighted by atomic mass is 10.3. The molecule has 0 aliphatic carbocycles. The zero-order valence-corrected chi connectivity index (χ0v) is 20.7. The van der Waals surface area contributed by atoms with E-state index in [1.165, 1.54) is 35.3 Å². The van der Waals surface area contributed by atoms with Crippen molar-refractivity contribution in [2.75, 3.05) is 21.3 Å². The van der Waals surface area contributed by atoms with E-state index in [0.29, 0.717) is 15.5 Å². The fraction of sp³-hybridized carbons (Fsp3) is 0.125. The van der Waals surface area contributed by atoms with Crippen LogP contribution in [0.2, 0.25) is 0 Å². The Morgan fingerprint density at radius 1 is 0.485 bits per heavy atom. The quantitative estimate of drug-likeness (QED) is 0.264. The van der Waals surface area contributed by atoms with Gasteiger partial charge in [-0.1, -0.05) is 18.2 Å². The molecule has 33 heavy (non-hydrogen) atoms. The molecule has 0 unspecified atom stereocenters. The zero-order chi connectivity index (χ0) is 23.0. The van der Waals surface area contributed by atoms with E-state index in [0.717, 1.165) is 31.9 Å². The van der Waals surface area contributed by atoms with E-state index in [-0.39, 0.29) is 0 Å². The zero-order valence-electron chi connectivity index (χ0n) is 18.2. The lowest BCUT2D eigenvalue weighted by Crippen LogP contribution is -1.97. The number of methoxy groups -OCH3 is 3. The Hall–Kier alpha value is -2.88. The predicted octanol–water partition coefficient (Wildman–Crippen LogP) is 6.35. The molecule has 0 spiro atoms. The predicted molar refractivity (Wildman–Crippen MR) is 131 cm³/mol. The molecule has 6 nitrogen and oxygen atoms in total. The first-order chi connectivity index (χ1) is 16.1. The molecule has 0 saturated carbocycles. The van der Waals surface area contributed by atoms with Crippen molar-refractivity contribution in [1.29, 1.82) is 0 Å². The highest BCUT2D eigenvalue weighted by molar-refractivity contribution is 8.00. The minimum Gasteiger partial charge on any atom is -0.497 e. The summed E-state index contributed by atoms with van der Waals surface area (Å²) in [7, 11) is 4.95. The van der Waals surface area contributed by atoms with Crippen molar-refractivity contribution < 1.29 is 14.2 Å². The molecule has 1 heterocycles. The van der Waals surface area contributed by atoms with Crippen molar-refractivity contribution in [2.45, 2.75) is 30.2 Å². The van der Waals surface area contributed by atoms with Crippen LogP contribution in [0.1, 0.15) is 0 Å². The second kappa shape index (κ2) is 11.3. The Morgan fingerprint density at radius 3 is 1.06 bits per heavy atom. The van der Waals surface area contributed by atoms with Crippen LogP contribution in [-0.2, 0) is 0 Å². The van der Waals surface area contributed by atoms with Crippen molar-refractivity contribution in [1.82, 2.24) is 15.0 Å². The maximum Gasteiger partial charge on any atom is 0.197 e. The number of rotatable bonds is 9. The van der Waals surface area contributed by atoms with Gasteiger partial charge < -0.3 is 14.2 Å². The van der Waals surface area contributed by atoms with Crippen LogP contribution in [0.4, 0.5) is 0 Å². The van der Waals surface area contributed by atoms with E-state index in [1.807, 2.05) is 72.8 Å². The van der Waals surface area contributed by atoms with Crippen LogP contribution in [-0.4, -0.2) is 36.3 Å². The third-order valence-electron chi connectivity index (χ3n) is 4.32. The maximum atomic E-state index is 5.34. The summed E-state index contributed by atoms with van der Waals surface area (Å²) in [5, 5.41) is 1.82. The van der Waals surface area contributed by atoms with Crippen LogP contribution >= 0.6 is 35.3 Å². The summed E-state index contributed by atoms with van der Waals surface area (Å²) in [5.41, 5.74) is 0. The first-order valence-corrected chi connectivity index (χ1v) is 12.3. The van der Waals surface area contributed by atoms with Gasteiger partial charge in [0.15, 0.2) is 15.5 Å². The van der Waals surface area contributed by atoms with Crippen molar-refractivity contribution >= 4 is 35.3 Å². The minimum atomic E-state index is 0.606. The largest absolute Gasteiger partial charge is 0.497 e. The Bertz CT molecular complexity index is 1080. The summed E-state index contributed by atoms with van der Waals surface area (Å²) in [4.78, 5) is 17.0. The number of hydrogen-bond acceptors (Lipinski definition) is 9. The van der Waals surface area contributed by atoms with E-state index in [1.54, 1.807) is 21.3 Å². The lowest BCUT2D eigenvalue weighted by Gasteiger charge is -2.09. The highest BCUT2D eigenvalue weighted by Crippen LogP contribution is 2.35. The summed E-state index contributed by atoms with van der Waals surface area (Å²) in [6, 6.07) is 23.4. The average molecular weight is 496 g/mol. The third-order valence-corrected chi connectivity index (χ3v) is 6.89. The highest BCUT2D eigenvalue weighted by atomic mass is 32.2. The molecule has 0 bridgehead atoms. The van der Waals surface area contributed by atoms with Gasteiger partial charge in [-0.3, -0.25) is 0 Å². The molecule has 0 amide bonds. The van der Waals surface area contributed by atoms with E-state index >= 15 is 0 Å². The molecule has 0 N–H and O–H groups in total. The molecular weight excluding hydrogens is 474 g/mol. The fourth-order valence-electron chi connectivity index (χ4n) is 2.77. The molecule has 1 aromatic heterocycles. The van der Waals surface area contributed by atoms with Gasteiger partial charge in [0.25, 0.3) is 0 Å². The fourth-order valence-corrected chi connectivity index (χ4v) is 5.33. The Balaban J connectivity index is 1.66. The number of nitrogens with zero attached hydrogens (tertiary/aromatic N) is 3. The Morgan fingerprint density at radius 2 is 0.788 bits per heavy atom. The van der Waals surface area contributed by atoms with Crippen molar-refractivity contribution in [3.05, 3.63) is 72.8 Å². The third kappa shape index (κ3) is 6.56. The Kier molecular flexibility index (Phi) is 7.98. The summed E-state index contributed by atoms with van der Waals surface area (Å²) in [6.45, 7) is 0. The number of aromatic nitrogens is 3. The highest BCUT2D eigenvalue weighted by Gasteiger charge is 2.12. The van der Waals surface area contributed by atoms with Crippen LogP contribution < -0.4 is 14.2 Å². The van der Waals surface area contributed by atoms with Gasteiger partial charge in [0.05, 0.1) is 21.3 Å². The SMILES string of the molecule is COc1cccc(Sc2nc(Sc3cccc(OC)c3)nc(Sc3cccc(OC)c3)n2)c1. The molecule has 0 saturated heterocycles. The topological polar surface area (TPSA) is 66.4 Å². The molecule has 0 aliphatic heterocycles. The molecule has 9 heteroatoms. The van der Waals surface area contributed by atoms with Gasteiger partial charge in [0, 0.05) is 14.7 Å². The molecule has 0 radical (unpaired) electrons. The van der Waals surface area contributed by atoms with Crippen LogP contribution in [0.3, 0.4) is 0 Å². The van der Waals surface area contributed by atoms with E-state index in [9.17, 15) is 0 Å². The van der Waals surface area contributed by atoms with Gasteiger partial charge in [-0.2, -0.15) is 15.0 Å². The van der Waals surface area contributed by atoms with Gasteiger partial charge >= 0.3 is 0 Å². The van der Waals surface area contributed by atoms with Gasteiger partial charge in [-0.15, -0.1) is 0 Å². The second-order valence-corrected chi connectivity index (χ2v) is 9.65. The monoisotopic (exact) mass is 495 g/mol. The van der Waals surface area contributed by atoms with Gasteiger partial charge in [-0.25, -0.2) is 0 Å². The van der Waals surface area contributed by atoms with Gasteiger partial charge in [0.1, 0.15) is 17.2 Å². The van der Waals surface area contributed by atoms with E-state index in [2.05, 4.69) is 0 Å². The molecule has 4 aromatic rings. The standard InChI is InChI=1S/C24H21N3O3S3/c1-28-16-7-4-10-19(13-16)31-22-25-23(32-20-11-5-8-17(14-20)29-2)27-24(26-22)33-21-12-6-9-18(15-21)30-3/h4-15H,1-3H3. The maximum absolute atomic E-state index is 5.34. The molecule has 0 fully saturated rings. The summed E-state index contributed by atoms with van der Waals surface area (Å²) >= 11 is 4.39. The Labute approximate surface area is 205 Å². The van der Waals surface area contributed by atoms with Crippen LogP contribution in [0.5, 0.6) is 17.2 Å². The van der Waals surface area contributed by atoms with Crippen molar-refractivity contribution in [2.24, 2.45) is 0 Å². The summed E-state index contributed by atoms with van der Waals surface area (Å²) in [5.74, 6) is 2.35. The first-order valence-electron chi connectivity index (χ1n) is 9.87. The normalized spacial score (nSPS) is 10.6. The average Bonchev–Trinajstić information content (AvgIpc) is 2.84. The summed E-state index contributed by atoms with van der Waals surface area (Å²) in [6.07, 6.45) is 0. The van der Waals surface area contributed by atoms with Crippen LogP contribution in [0, 0.1) is 0 Å². The smallest absolute Gasteiger partial charge is 0.197 e. The molecular formula is C24H21N3O3S3. The number of ether oxygens (including phenoxy) is 3. The minimum absolute atomic E-state index is 0.606. The van der Waals surface area contributed by atoms with Crippen molar-refractivity contribution in [3.8, 4) is 17.2 Å². The van der Waals surface area contributed by atoms with Crippen LogP contribution in [0.15, 0.2) is 103 Å². The van der Waals surface area contributed by atoms with Gasteiger partial charge in [0.2, 0.25) is 0 Å². The number of benzene rings is 3. The molecule has 0 aliphatic rings. The summed E-state index contributed by atoms with van der Waals surface area (Å²) < 4.78 is 16.0. The number of hydrogen-bond donors (Lipinski definition) is 0. The van der Waals surface area contributed by atoms with Crippen LogP contribution in [0.25, 0.3) is 0 Å². The van der Waals surface area contributed by atoms with E-state index in [4.69, 9.17) is 29.2 Å². The lowest BCUT2D eigenvalue weighted by molar-refractivity contribution is 0.413. The molecule has 3 aromatic carbocycles. The first kappa shape index (κ1) is 23.3. The molecule has 4 rings (SSSR count). The van der Waals surface area contributed by atoms with Gasteiger partial charge in [-0.05, 0) is 89.9 Å². The molecule has 168 valence electrons. The van der Waals surface area contributed by atoms with Crippen molar-refractivity contribution in [3.63, 3.8) is 0 Å².